The van der Waals surface area contributed by atoms with Crippen molar-refractivity contribution in [3.05, 3.63) is 12.2 Å². The van der Waals surface area contributed by atoms with Crippen LogP contribution in [-0.2, 0) is 4.79 Å². The van der Waals surface area contributed by atoms with Crippen LogP contribution in [0.25, 0.3) is 0 Å². The van der Waals surface area contributed by atoms with Crippen molar-refractivity contribution >= 4 is 5.91 Å². The Morgan fingerprint density at radius 1 is 1.26 bits per heavy atom. The summed E-state index contributed by atoms with van der Waals surface area (Å²) in [7, 11) is 0. The molecule has 0 spiro atoms. The highest BCUT2D eigenvalue weighted by molar-refractivity contribution is 5.79. The first kappa shape index (κ1) is 14.4. The second-order valence-corrected chi connectivity index (χ2v) is 6.27. The number of carbonyl (C=O) groups excluding carboxylic acids is 1. The maximum atomic E-state index is 13.0. The van der Waals surface area contributed by atoms with Gasteiger partial charge >= 0.3 is 6.18 Å². The molecule has 0 unspecified atom stereocenters. The van der Waals surface area contributed by atoms with Gasteiger partial charge in [0.15, 0.2) is 0 Å². The van der Waals surface area contributed by atoms with E-state index in [2.05, 4.69) is 0 Å². The number of halogens is 3. The van der Waals surface area contributed by atoms with Gasteiger partial charge in [0.2, 0.25) is 5.91 Å². The number of amides is 1. The third-order valence-electron chi connectivity index (χ3n) is 4.29. The molecule has 0 bridgehead atoms. The zero-order chi connectivity index (χ0) is 14.3. The summed E-state index contributed by atoms with van der Waals surface area (Å²) in [6, 6.07) is 0. The molecule has 1 fully saturated rings. The smallest absolute Gasteiger partial charge is 0.342 e. The highest BCUT2D eigenvalue weighted by Gasteiger charge is 2.52. The van der Waals surface area contributed by atoms with Gasteiger partial charge in [-0.3, -0.25) is 4.79 Å². The van der Waals surface area contributed by atoms with Crippen LogP contribution in [0.1, 0.15) is 33.1 Å². The topological polar surface area (TPSA) is 20.3 Å². The van der Waals surface area contributed by atoms with Crippen molar-refractivity contribution in [2.45, 2.75) is 39.3 Å². The molecule has 0 N–H and O–H groups in total. The first-order valence-electron chi connectivity index (χ1n) is 6.72. The van der Waals surface area contributed by atoms with Gasteiger partial charge < -0.3 is 4.90 Å². The van der Waals surface area contributed by atoms with Crippen molar-refractivity contribution in [1.82, 2.24) is 4.90 Å². The lowest BCUT2D eigenvalue weighted by molar-refractivity contribution is -0.217. The predicted octanol–water partition coefficient (Wildman–Crippen LogP) is 3.39. The Balaban J connectivity index is 2.03. The molecule has 1 saturated heterocycles. The molecule has 108 valence electrons. The number of allylic oxidation sites excluding steroid dienone is 2. The zero-order valence-corrected chi connectivity index (χ0v) is 11.3. The number of hydrogen-bond acceptors (Lipinski definition) is 1. The van der Waals surface area contributed by atoms with Crippen molar-refractivity contribution < 1.29 is 18.0 Å². The van der Waals surface area contributed by atoms with Gasteiger partial charge in [0, 0.05) is 19.0 Å². The van der Waals surface area contributed by atoms with E-state index in [1.807, 2.05) is 12.2 Å². The minimum atomic E-state index is -4.17. The monoisotopic (exact) mass is 275 g/mol. The first-order valence-corrected chi connectivity index (χ1v) is 6.72. The summed E-state index contributed by atoms with van der Waals surface area (Å²) in [4.78, 5) is 13.9. The van der Waals surface area contributed by atoms with Crippen LogP contribution in [0.15, 0.2) is 12.2 Å². The van der Waals surface area contributed by atoms with Crippen LogP contribution >= 0.6 is 0 Å². The standard InChI is InChI=1S/C14H20F3NO/c1-13(2)9-18(8-7-11(13)14(15,16)17)12(19)10-5-3-4-6-10/h3-4,10-11H,5-9H2,1-2H3/t11-/m1/s1. The Hall–Kier alpha value is -1.00. The molecule has 2 rings (SSSR count). The van der Waals surface area contributed by atoms with Gasteiger partial charge in [-0.25, -0.2) is 0 Å². The molecule has 1 amide bonds. The summed E-state index contributed by atoms with van der Waals surface area (Å²) in [5, 5.41) is 0. The van der Waals surface area contributed by atoms with Crippen molar-refractivity contribution in [2.75, 3.05) is 13.1 Å². The predicted molar refractivity (Wildman–Crippen MR) is 66.4 cm³/mol. The van der Waals surface area contributed by atoms with Crippen LogP contribution in [0, 0.1) is 17.3 Å². The van der Waals surface area contributed by atoms with Crippen molar-refractivity contribution in [3.8, 4) is 0 Å². The van der Waals surface area contributed by atoms with Gasteiger partial charge in [-0.15, -0.1) is 0 Å². The molecule has 2 aliphatic rings. The van der Waals surface area contributed by atoms with Gasteiger partial charge in [0.05, 0.1) is 5.92 Å². The Bertz CT molecular complexity index is 379. The SMILES string of the molecule is CC1(C)CN(C(=O)C2CC=CC2)CC[C@H]1C(F)(F)F. The van der Waals surface area contributed by atoms with Crippen LogP contribution in [0.5, 0.6) is 0 Å². The molecule has 1 aliphatic heterocycles. The van der Waals surface area contributed by atoms with E-state index in [0.29, 0.717) is 0 Å². The molecule has 0 saturated carbocycles. The molecule has 1 atom stereocenters. The average Bonchev–Trinajstić information content (AvgIpc) is 2.77. The zero-order valence-electron chi connectivity index (χ0n) is 11.3. The second kappa shape index (κ2) is 4.84. The van der Waals surface area contributed by atoms with E-state index in [0.717, 1.165) is 12.8 Å². The Labute approximate surface area is 111 Å². The molecular weight excluding hydrogens is 255 g/mol. The van der Waals surface area contributed by atoms with Gasteiger partial charge in [0.25, 0.3) is 0 Å². The van der Waals surface area contributed by atoms with E-state index >= 15 is 0 Å². The largest absolute Gasteiger partial charge is 0.392 e. The van der Waals surface area contributed by atoms with E-state index < -0.39 is 17.5 Å². The number of alkyl halides is 3. The quantitative estimate of drug-likeness (QED) is 0.672. The number of piperidine rings is 1. The highest BCUT2D eigenvalue weighted by Crippen LogP contribution is 2.45. The molecular formula is C14H20F3NO. The summed E-state index contributed by atoms with van der Waals surface area (Å²) in [5.41, 5.74) is -0.905. The summed E-state index contributed by atoms with van der Waals surface area (Å²) in [6.45, 7) is 3.64. The molecule has 5 heteroatoms. The lowest BCUT2D eigenvalue weighted by atomic mass is 9.73. The number of nitrogens with zero attached hydrogens (tertiary/aromatic N) is 1. The molecule has 0 aromatic carbocycles. The number of hydrogen-bond donors (Lipinski definition) is 0. The minimum Gasteiger partial charge on any atom is -0.342 e. The summed E-state index contributed by atoms with van der Waals surface area (Å²) in [5.74, 6) is -1.36. The lowest BCUT2D eigenvalue weighted by Gasteiger charge is -2.45. The number of rotatable bonds is 1. The number of carbonyl (C=O) groups is 1. The van der Waals surface area contributed by atoms with Crippen LogP contribution < -0.4 is 0 Å². The van der Waals surface area contributed by atoms with E-state index in [4.69, 9.17) is 0 Å². The average molecular weight is 275 g/mol. The Morgan fingerprint density at radius 2 is 1.84 bits per heavy atom. The fraction of sp³-hybridized carbons (Fsp3) is 0.786. The van der Waals surface area contributed by atoms with E-state index in [9.17, 15) is 18.0 Å². The van der Waals surface area contributed by atoms with Crippen LogP contribution in [-0.4, -0.2) is 30.1 Å². The number of likely N-dealkylation sites (tertiary alicyclic amines) is 1. The van der Waals surface area contributed by atoms with Gasteiger partial charge in [-0.2, -0.15) is 13.2 Å². The highest BCUT2D eigenvalue weighted by atomic mass is 19.4. The summed E-state index contributed by atoms with van der Waals surface area (Å²) >= 11 is 0. The fourth-order valence-electron chi connectivity index (χ4n) is 3.23. The molecule has 19 heavy (non-hydrogen) atoms. The van der Waals surface area contributed by atoms with Crippen LogP contribution in [0.3, 0.4) is 0 Å². The van der Waals surface area contributed by atoms with Crippen LogP contribution in [0.4, 0.5) is 13.2 Å². The third kappa shape index (κ3) is 2.95. The van der Waals surface area contributed by atoms with E-state index in [1.54, 1.807) is 18.7 Å². The summed E-state index contributed by atoms with van der Waals surface area (Å²) < 4.78 is 38.9. The van der Waals surface area contributed by atoms with Gasteiger partial charge in [0.1, 0.15) is 0 Å². The molecule has 1 heterocycles. The van der Waals surface area contributed by atoms with E-state index in [1.165, 1.54) is 0 Å². The van der Waals surface area contributed by atoms with E-state index in [-0.39, 0.29) is 31.3 Å². The van der Waals surface area contributed by atoms with Crippen LogP contribution in [0.2, 0.25) is 0 Å². The molecule has 0 aromatic heterocycles. The molecule has 0 aromatic rings. The maximum absolute atomic E-state index is 13.0. The van der Waals surface area contributed by atoms with Crippen molar-refractivity contribution in [1.29, 1.82) is 0 Å². The van der Waals surface area contributed by atoms with Gasteiger partial charge in [-0.1, -0.05) is 26.0 Å². The Morgan fingerprint density at radius 3 is 2.32 bits per heavy atom. The lowest BCUT2D eigenvalue weighted by Crippen LogP contribution is -2.53. The van der Waals surface area contributed by atoms with Gasteiger partial charge in [-0.05, 0) is 24.7 Å². The maximum Gasteiger partial charge on any atom is 0.392 e. The normalized spacial score (nSPS) is 27.8. The Kier molecular flexibility index (Phi) is 3.67. The molecule has 1 aliphatic carbocycles. The molecule has 0 radical (unpaired) electrons. The minimum absolute atomic E-state index is 0.0127. The molecule has 2 nitrogen and oxygen atoms in total. The van der Waals surface area contributed by atoms with Crippen molar-refractivity contribution in [2.24, 2.45) is 17.3 Å². The van der Waals surface area contributed by atoms with Crippen molar-refractivity contribution in [3.63, 3.8) is 0 Å². The fourth-order valence-corrected chi connectivity index (χ4v) is 3.23. The first-order chi connectivity index (χ1) is 8.72. The summed E-state index contributed by atoms with van der Waals surface area (Å²) in [6.07, 6.45) is 1.22. The second-order valence-electron chi connectivity index (χ2n) is 6.27. The third-order valence-corrected chi connectivity index (χ3v) is 4.29.